The standard InChI is InChI=1S/C13H17ClO/c1-10(15)13(2,3)9-8-11-4-6-12(14)7-5-11/h4-10,15H,1-3H3/b9-8+. The van der Waals surface area contributed by atoms with E-state index in [0.717, 1.165) is 10.6 Å². The third-order valence-corrected chi connectivity index (χ3v) is 2.90. The maximum Gasteiger partial charge on any atom is 0.0597 e. The molecule has 1 nitrogen and oxygen atoms in total. The molecule has 82 valence electrons. The highest BCUT2D eigenvalue weighted by Crippen LogP contribution is 2.23. The van der Waals surface area contributed by atoms with Crippen molar-refractivity contribution >= 4 is 17.7 Å². The van der Waals surface area contributed by atoms with Crippen molar-refractivity contribution in [2.75, 3.05) is 0 Å². The van der Waals surface area contributed by atoms with Gasteiger partial charge in [0.25, 0.3) is 0 Å². The third-order valence-electron chi connectivity index (χ3n) is 2.65. The van der Waals surface area contributed by atoms with Crippen LogP contribution in [0, 0.1) is 5.41 Å². The van der Waals surface area contributed by atoms with Gasteiger partial charge in [-0.25, -0.2) is 0 Å². The maximum atomic E-state index is 9.53. The minimum atomic E-state index is -0.360. The molecule has 0 bridgehead atoms. The molecule has 0 aliphatic carbocycles. The van der Waals surface area contributed by atoms with Gasteiger partial charge in [0, 0.05) is 10.4 Å². The zero-order valence-electron chi connectivity index (χ0n) is 9.37. The van der Waals surface area contributed by atoms with Gasteiger partial charge in [0.1, 0.15) is 0 Å². The van der Waals surface area contributed by atoms with Crippen molar-refractivity contribution in [2.45, 2.75) is 26.9 Å². The van der Waals surface area contributed by atoms with Crippen LogP contribution in [0.2, 0.25) is 5.02 Å². The zero-order valence-corrected chi connectivity index (χ0v) is 10.1. The van der Waals surface area contributed by atoms with Crippen LogP contribution < -0.4 is 0 Å². The summed E-state index contributed by atoms with van der Waals surface area (Å²) in [4.78, 5) is 0. The van der Waals surface area contributed by atoms with Crippen LogP contribution in [0.15, 0.2) is 30.3 Å². The summed E-state index contributed by atoms with van der Waals surface area (Å²) in [7, 11) is 0. The highest BCUT2D eigenvalue weighted by atomic mass is 35.5. The second-order valence-corrected chi connectivity index (χ2v) is 4.82. The molecule has 1 aromatic rings. The van der Waals surface area contributed by atoms with Crippen molar-refractivity contribution in [1.29, 1.82) is 0 Å². The molecule has 1 atom stereocenters. The molecule has 0 saturated heterocycles. The van der Waals surface area contributed by atoms with Gasteiger partial charge in [-0.1, -0.05) is 49.7 Å². The molecule has 0 aromatic heterocycles. The molecule has 0 fully saturated rings. The molecular weight excluding hydrogens is 208 g/mol. The SMILES string of the molecule is CC(O)C(C)(C)/C=C/c1ccc(Cl)cc1. The Morgan fingerprint density at radius 2 is 1.80 bits per heavy atom. The molecule has 1 aromatic carbocycles. The van der Waals surface area contributed by atoms with Crippen LogP contribution >= 0.6 is 11.6 Å². The van der Waals surface area contributed by atoms with Gasteiger partial charge in [-0.3, -0.25) is 0 Å². The number of aliphatic hydroxyl groups excluding tert-OH is 1. The Bertz CT molecular complexity index is 336. The molecule has 1 unspecified atom stereocenters. The molecule has 0 aliphatic heterocycles. The first-order valence-corrected chi connectivity index (χ1v) is 5.42. The highest BCUT2D eigenvalue weighted by Gasteiger charge is 2.19. The summed E-state index contributed by atoms with van der Waals surface area (Å²) in [5, 5.41) is 10.3. The van der Waals surface area contributed by atoms with Gasteiger partial charge in [0.15, 0.2) is 0 Å². The Morgan fingerprint density at radius 1 is 1.27 bits per heavy atom. The topological polar surface area (TPSA) is 20.2 Å². The fourth-order valence-corrected chi connectivity index (χ4v) is 1.15. The van der Waals surface area contributed by atoms with Gasteiger partial charge in [0.05, 0.1) is 6.10 Å². The van der Waals surface area contributed by atoms with Crippen molar-refractivity contribution in [3.63, 3.8) is 0 Å². The highest BCUT2D eigenvalue weighted by molar-refractivity contribution is 6.30. The first-order chi connectivity index (χ1) is 6.92. The van der Waals surface area contributed by atoms with E-state index >= 15 is 0 Å². The second-order valence-electron chi connectivity index (χ2n) is 4.38. The Labute approximate surface area is 96.4 Å². The van der Waals surface area contributed by atoms with Crippen LogP contribution in [0.4, 0.5) is 0 Å². The van der Waals surface area contributed by atoms with Crippen LogP contribution in [-0.2, 0) is 0 Å². The number of hydrogen-bond acceptors (Lipinski definition) is 1. The Hall–Kier alpha value is -0.790. The maximum absolute atomic E-state index is 9.53. The summed E-state index contributed by atoms with van der Waals surface area (Å²) in [6.07, 6.45) is 3.66. The van der Waals surface area contributed by atoms with Gasteiger partial charge in [0.2, 0.25) is 0 Å². The van der Waals surface area contributed by atoms with E-state index in [0.29, 0.717) is 0 Å². The van der Waals surface area contributed by atoms with Crippen molar-refractivity contribution in [3.05, 3.63) is 40.9 Å². The van der Waals surface area contributed by atoms with Crippen LogP contribution in [0.3, 0.4) is 0 Å². The van der Waals surface area contributed by atoms with Gasteiger partial charge >= 0.3 is 0 Å². The van der Waals surface area contributed by atoms with Crippen LogP contribution in [0.1, 0.15) is 26.3 Å². The smallest absolute Gasteiger partial charge is 0.0597 e. The van der Waals surface area contributed by atoms with E-state index in [2.05, 4.69) is 0 Å². The Morgan fingerprint density at radius 3 is 2.27 bits per heavy atom. The summed E-state index contributed by atoms with van der Waals surface area (Å²) < 4.78 is 0. The van der Waals surface area contributed by atoms with E-state index in [-0.39, 0.29) is 11.5 Å². The second kappa shape index (κ2) is 4.82. The number of rotatable bonds is 3. The molecule has 0 spiro atoms. The van der Waals surface area contributed by atoms with Crippen LogP contribution in [0.25, 0.3) is 6.08 Å². The molecule has 15 heavy (non-hydrogen) atoms. The van der Waals surface area contributed by atoms with E-state index in [4.69, 9.17) is 11.6 Å². The molecule has 0 amide bonds. The third kappa shape index (κ3) is 3.69. The van der Waals surface area contributed by atoms with Crippen LogP contribution in [-0.4, -0.2) is 11.2 Å². The first kappa shape index (κ1) is 12.3. The summed E-state index contributed by atoms with van der Waals surface area (Å²) in [5.41, 5.74) is 0.882. The van der Waals surface area contributed by atoms with E-state index in [1.54, 1.807) is 6.92 Å². The van der Waals surface area contributed by atoms with Gasteiger partial charge in [-0.15, -0.1) is 0 Å². The molecular formula is C13H17ClO. The lowest BCUT2D eigenvalue weighted by Crippen LogP contribution is -2.23. The number of aliphatic hydroxyl groups is 1. The average Bonchev–Trinajstić information content (AvgIpc) is 2.17. The molecule has 0 radical (unpaired) electrons. The number of benzene rings is 1. The normalized spacial score (nSPS) is 14.5. The predicted octanol–water partition coefficient (Wildman–Crippen LogP) is 3.76. The summed E-state index contributed by atoms with van der Waals surface area (Å²) >= 11 is 5.79. The quantitative estimate of drug-likeness (QED) is 0.829. The number of halogens is 1. The van der Waals surface area contributed by atoms with Gasteiger partial charge in [-0.2, -0.15) is 0 Å². The largest absolute Gasteiger partial charge is 0.393 e. The lowest BCUT2D eigenvalue weighted by molar-refractivity contribution is 0.100. The molecule has 1 N–H and O–H groups in total. The van der Waals surface area contributed by atoms with Crippen molar-refractivity contribution < 1.29 is 5.11 Å². The van der Waals surface area contributed by atoms with E-state index in [1.807, 2.05) is 50.3 Å². The lowest BCUT2D eigenvalue weighted by Gasteiger charge is -2.23. The molecule has 0 saturated carbocycles. The minimum absolute atomic E-state index is 0.209. The fraction of sp³-hybridized carbons (Fsp3) is 0.385. The molecule has 2 heteroatoms. The van der Waals surface area contributed by atoms with Crippen molar-refractivity contribution in [3.8, 4) is 0 Å². The first-order valence-electron chi connectivity index (χ1n) is 5.05. The monoisotopic (exact) mass is 224 g/mol. The van der Waals surface area contributed by atoms with E-state index < -0.39 is 0 Å². The molecule has 0 heterocycles. The average molecular weight is 225 g/mol. The zero-order chi connectivity index (χ0) is 11.5. The Kier molecular flexibility index (Phi) is 3.95. The summed E-state index contributed by atoms with van der Waals surface area (Å²) in [5.74, 6) is 0. The van der Waals surface area contributed by atoms with Gasteiger partial charge in [-0.05, 0) is 24.6 Å². The molecule has 0 aliphatic rings. The molecule has 1 rings (SSSR count). The predicted molar refractivity (Wildman–Crippen MR) is 65.9 cm³/mol. The van der Waals surface area contributed by atoms with Crippen LogP contribution in [0.5, 0.6) is 0 Å². The van der Waals surface area contributed by atoms with Crippen molar-refractivity contribution in [2.24, 2.45) is 5.41 Å². The fourth-order valence-electron chi connectivity index (χ4n) is 1.02. The minimum Gasteiger partial charge on any atom is -0.393 e. The van der Waals surface area contributed by atoms with E-state index in [1.165, 1.54) is 0 Å². The number of hydrogen-bond donors (Lipinski definition) is 1. The van der Waals surface area contributed by atoms with E-state index in [9.17, 15) is 5.11 Å². The summed E-state index contributed by atoms with van der Waals surface area (Å²) in [6.45, 7) is 5.81. The van der Waals surface area contributed by atoms with Gasteiger partial charge < -0.3 is 5.11 Å². The summed E-state index contributed by atoms with van der Waals surface area (Å²) in [6, 6.07) is 7.63. The van der Waals surface area contributed by atoms with Crippen molar-refractivity contribution in [1.82, 2.24) is 0 Å². The Balaban J connectivity index is 2.77. The lowest BCUT2D eigenvalue weighted by atomic mass is 9.87.